The summed E-state index contributed by atoms with van der Waals surface area (Å²) in [6, 6.07) is 16.4. The topological polar surface area (TPSA) is 84.5 Å². The Labute approximate surface area is 178 Å². The van der Waals surface area contributed by atoms with Crippen molar-refractivity contribution in [1.29, 1.82) is 0 Å². The molecule has 0 aliphatic heterocycles. The first kappa shape index (κ1) is 21.6. The number of hydrogen-bond acceptors (Lipinski definition) is 4. The molecule has 0 saturated carbocycles. The van der Waals surface area contributed by atoms with E-state index < -0.39 is 21.7 Å². The Bertz CT molecular complexity index is 1160. The summed E-state index contributed by atoms with van der Waals surface area (Å²) in [4.78, 5) is 12.2. The van der Waals surface area contributed by atoms with Crippen LogP contribution in [0.2, 0.25) is 5.02 Å². The molecular formula is C21H18ClFN2O4S. The molecule has 9 heteroatoms. The lowest BCUT2D eigenvalue weighted by atomic mass is 10.1. The van der Waals surface area contributed by atoms with Crippen LogP contribution in [0.3, 0.4) is 0 Å². The molecule has 3 aromatic carbocycles. The van der Waals surface area contributed by atoms with E-state index in [1.54, 1.807) is 24.3 Å². The third-order valence-corrected chi connectivity index (χ3v) is 5.90. The van der Waals surface area contributed by atoms with Gasteiger partial charge < -0.3 is 10.1 Å². The quantitative estimate of drug-likeness (QED) is 0.558. The number of ether oxygens (including phenoxy) is 1. The third-order valence-electron chi connectivity index (χ3n) is 4.18. The van der Waals surface area contributed by atoms with Gasteiger partial charge in [-0.2, -0.15) is 0 Å². The average Bonchev–Trinajstić information content (AvgIpc) is 2.71. The lowest BCUT2D eigenvalue weighted by Gasteiger charge is -2.13. The highest BCUT2D eigenvalue weighted by Gasteiger charge is 2.18. The van der Waals surface area contributed by atoms with E-state index in [4.69, 9.17) is 16.3 Å². The van der Waals surface area contributed by atoms with E-state index in [-0.39, 0.29) is 33.3 Å². The SMILES string of the molecule is COc1ccccc1NS(=O)(=O)c1cccc(NC(=O)Cc2c(F)cccc2Cl)c1. The highest BCUT2D eigenvalue weighted by molar-refractivity contribution is 7.92. The Morgan fingerprint density at radius 3 is 2.53 bits per heavy atom. The zero-order valence-electron chi connectivity index (χ0n) is 15.9. The third kappa shape index (κ3) is 5.08. The molecule has 0 unspecified atom stereocenters. The Balaban J connectivity index is 1.77. The summed E-state index contributed by atoms with van der Waals surface area (Å²) in [6.07, 6.45) is -0.290. The van der Waals surface area contributed by atoms with Crippen LogP contribution in [-0.4, -0.2) is 21.4 Å². The van der Waals surface area contributed by atoms with E-state index in [1.807, 2.05) is 0 Å². The number of hydrogen-bond donors (Lipinski definition) is 2. The summed E-state index contributed by atoms with van der Waals surface area (Å²) in [5.41, 5.74) is 0.595. The number of para-hydroxylation sites is 2. The first-order chi connectivity index (χ1) is 14.3. The molecule has 0 aliphatic rings. The number of benzene rings is 3. The van der Waals surface area contributed by atoms with E-state index in [1.165, 1.54) is 49.6 Å². The summed E-state index contributed by atoms with van der Waals surface area (Å²) >= 11 is 5.95. The van der Waals surface area contributed by atoms with Crippen LogP contribution in [0.1, 0.15) is 5.56 Å². The van der Waals surface area contributed by atoms with Crippen LogP contribution in [-0.2, 0) is 21.2 Å². The van der Waals surface area contributed by atoms with Crippen molar-refractivity contribution in [2.24, 2.45) is 0 Å². The van der Waals surface area contributed by atoms with Gasteiger partial charge in [0.2, 0.25) is 5.91 Å². The van der Waals surface area contributed by atoms with Crippen LogP contribution in [0.25, 0.3) is 0 Å². The Kier molecular flexibility index (Phi) is 6.59. The molecule has 0 atom stereocenters. The van der Waals surface area contributed by atoms with Gasteiger partial charge in [0.05, 0.1) is 24.1 Å². The molecule has 0 saturated heterocycles. The van der Waals surface area contributed by atoms with Crippen molar-refractivity contribution in [3.63, 3.8) is 0 Å². The molecule has 0 spiro atoms. The van der Waals surface area contributed by atoms with Crippen molar-refractivity contribution in [3.05, 3.63) is 83.1 Å². The van der Waals surface area contributed by atoms with Crippen LogP contribution in [0, 0.1) is 5.82 Å². The van der Waals surface area contributed by atoms with Crippen molar-refractivity contribution in [2.75, 3.05) is 17.1 Å². The van der Waals surface area contributed by atoms with Crippen molar-refractivity contribution < 1.29 is 22.3 Å². The Morgan fingerprint density at radius 1 is 1.07 bits per heavy atom. The minimum atomic E-state index is -3.94. The molecule has 156 valence electrons. The molecule has 0 bridgehead atoms. The number of methoxy groups -OCH3 is 1. The number of amides is 1. The van der Waals surface area contributed by atoms with Gasteiger partial charge in [-0.3, -0.25) is 9.52 Å². The predicted octanol–water partition coefficient (Wildman–Crippen LogP) is 4.47. The minimum Gasteiger partial charge on any atom is -0.495 e. The van der Waals surface area contributed by atoms with Gasteiger partial charge in [-0.25, -0.2) is 12.8 Å². The molecular weight excluding hydrogens is 431 g/mol. The van der Waals surface area contributed by atoms with E-state index in [9.17, 15) is 17.6 Å². The van der Waals surface area contributed by atoms with Crippen LogP contribution >= 0.6 is 11.6 Å². The van der Waals surface area contributed by atoms with Gasteiger partial charge in [0, 0.05) is 16.3 Å². The van der Waals surface area contributed by atoms with Crippen LogP contribution in [0.15, 0.2) is 71.6 Å². The van der Waals surface area contributed by atoms with Crippen molar-refractivity contribution in [3.8, 4) is 5.75 Å². The molecule has 3 rings (SSSR count). The Hall–Kier alpha value is -3.10. The number of anilines is 2. The predicted molar refractivity (Wildman–Crippen MR) is 114 cm³/mol. The van der Waals surface area contributed by atoms with E-state index in [0.29, 0.717) is 5.75 Å². The maximum Gasteiger partial charge on any atom is 0.262 e. The number of carbonyl (C=O) groups excluding carboxylic acids is 1. The van der Waals surface area contributed by atoms with Gasteiger partial charge >= 0.3 is 0 Å². The van der Waals surface area contributed by atoms with Gasteiger partial charge in [-0.05, 0) is 42.5 Å². The van der Waals surface area contributed by atoms with Crippen molar-refractivity contribution >= 4 is 38.9 Å². The molecule has 0 aromatic heterocycles. The lowest BCUT2D eigenvalue weighted by Crippen LogP contribution is -2.17. The lowest BCUT2D eigenvalue weighted by molar-refractivity contribution is -0.115. The van der Waals surface area contributed by atoms with Gasteiger partial charge in [0.25, 0.3) is 10.0 Å². The van der Waals surface area contributed by atoms with E-state index >= 15 is 0 Å². The second-order valence-corrected chi connectivity index (χ2v) is 8.35. The second kappa shape index (κ2) is 9.15. The maximum atomic E-state index is 13.9. The standard InChI is InChI=1S/C21H18ClFN2O4S/c1-29-20-11-3-2-10-19(20)25-30(27,28)15-7-4-6-14(12-15)24-21(26)13-16-17(22)8-5-9-18(16)23/h2-12,25H,13H2,1H3,(H,24,26). The van der Waals surface area contributed by atoms with Crippen LogP contribution < -0.4 is 14.8 Å². The summed E-state index contributed by atoms with van der Waals surface area (Å²) < 4.78 is 47.0. The largest absolute Gasteiger partial charge is 0.495 e. The van der Waals surface area contributed by atoms with E-state index in [0.717, 1.165) is 0 Å². The summed E-state index contributed by atoms with van der Waals surface area (Å²) in [5, 5.41) is 2.70. The fraction of sp³-hybridized carbons (Fsp3) is 0.0952. The highest BCUT2D eigenvalue weighted by Crippen LogP contribution is 2.27. The second-order valence-electron chi connectivity index (χ2n) is 6.26. The number of sulfonamides is 1. The monoisotopic (exact) mass is 448 g/mol. The van der Waals surface area contributed by atoms with Crippen LogP contribution in [0.4, 0.5) is 15.8 Å². The number of carbonyl (C=O) groups is 1. The smallest absolute Gasteiger partial charge is 0.262 e. The normalized spacial score (nSPS) is 11.0. The van der Waals surface area contributed by atoms with Gasteiger partial charge in [-0.1, -0.05) is 35.9 Å². The number of rotatable bonds is 7. The molecule has 0 radical (unpaired) electrons. The minimum absolute atomic E-state index is 0.0601. The van der Waals surface area contributed by atoms with Crippen molar-refractivity contribution in [1.82, 2.24) is 0 Å². The number of nitrogens with one attached hydrogen (secondary N) is 2. The van der Waals surface area contributed by atoms with Crippen LogP contribution in [0.5, 0.6) is 5.75 Å². The zero-order valence-corrected chi connectivity index (χ0v) is 17.4. The Morgan fingerprint density at radius 2 is 1.80 bits per heavy atom. The molecule has 0 heterocycles. The summed E-state index contributed by atoms with van der Waals surface area (Å²) in [5.74, 6) is -0.753. The van der Waals surface area contributed by atoms with Crippen molar-refractivity contribution in [2.45, 2.75) is 11.3 Å². The summed E-state index contributed by atoms with van der Waals surface area (Å²) in [6.45, 7) is 0. The number of halogens is 2. The van der Waals surface area contributed by atoms with E-state index in [2.05, 4.69) is 10.0 Å². The first-order valence-electron chi connectivity index (χ1n) is 8.79. The van der Waals surface area contributed by atoms with Gasteiger partial charge in [0.15, 0.2) is 0 Å². The molecule has 0 fully saturated rings. The fourth-order valence-corrected chi connectivity index (χ4v) is 4.09. The molecule has 1 amide bonds. The molecule has 3 aromatic rings. The first-order valence-corrected chi connectivity index (χ1v) is 10.6. The van der Waals surface area contributed by atoms with Gasteiger partial charge in [0.1, 0.15) is 11.6 Å². The molecule has 0 aliphatic carbocycles. The summed E-state index contributed by atoms with van der Waals surface area (Å²) in [7, 11) is -2.50. The zero-order chi connectivity index (χ0) is 21.7. The maximum absolute atomic E-state index is 13.9. The fourth-order valence-electron chi connectivity index (χ4n) is 2.74. The van der Waals surface area contributed by atoms with Gasteiger partial charge in [-0.15, -0.1) is 0 Å². The molecule has 6 nitrogen and oxygen atoms in total. The molecule has 2 N–H and O–H groups in total. The highest BCUT2D eigenvalue weighted by atomic mass is 35.5. The average molecular weight is 449 g/mol. The molecule has 30 heavy (non-hydrogen) atoms.